The lowest BCUT2D eigenvalue weighted by atomic mass is 9.75. The van der Waals surface area contributed by atoms with Gasteiger partial charge in [0, 0.05) is 35.4 Å². The molecule has 0 spiro atoms. The van der Waals surface area contributed by atoms with Gasteiger partial charge in [0.15, 0.2) is 0 Å². The molecular formula is C23H19N3OS. The fourth-order valence-corrected chi connectivity index (χ4v) is 4.86. The number of imidazole rings is 1. The van der Waals surface area contributed by atoms with Crippen LogP contribution < -0.4 is 0 Å². The molecule has 1 aliphatic rings. The van der Waals surface area contributed by atoms with E-state index in [1.165, 1.54) is 10.3 Å². The first-order valence-electron chi connectivity index (χ1n) is 9.41. The number of pyridine rings is 1. The molecule has 2 aromatic heterocycles. The van der Waals surface area contributed by atoms with Crippen LogP contribution in [0.5, 0.6) is 0 Å². The molecule has 4 nitrogen and oxygen atoms in total. The molecule has 0 bridgehead atoms. The molecule has 5 rings (SSSR count). The summed E-state index contributed by atoms with van der Waals surface area (Å²) in [5, 5.41) is 11.0. The molecule has 0 saturated carbocycles. The molecule has 3 heterocycles. The Morgan fingerprint density at radius 3 is 2.75 bits per heavy atom. The van der Waals surface area contributed by atoms with Gasteiger partial charge in [-0.05, 0) is 66.3 Å². The number of benzene rings is 2. The summed E-state index contributed by atoms with van der Waals surface area (Å²) >= 11 is 1.73. The molecule has 0 radical (unpaired) electrons. The van der Waals surface area contributed by atoms with E-state index < -0.39 is 5.41 Å². The molecule has 1 fully saturated rings. The van der Waals surface area contributed by atoms with Crippen LogP contribution in [-0.2, 0) is 10.2 Å². The Morgan fingerprint density at radius 2 is 1.89 bits per heavy atom. The van der Waals surface area contributed by atoms with Gasteiger partial charge in [0.05, 0.1) is 17.0 Å². The van der Waals surface area contributed by atoms with Crippen molar-refractivity contribution in [2.24, 2.45) is 0 Å². The van der Waals surface area contributed by atoms with Crippen LogP contribution >= 0.6 is 11.8 Å². The quantitative estimate of drug-likeness (QED) is 0.486. The predicted octanol–water partition coefficient (Wildman–Crippen LogP) is 5.21. The summed E-state index contributed by atoms with van der Waals surface area (Å²) in [6.45, 7) is 1.30. The minimum atomic E-state index is -0.425. The van der Waals surface area contributed by atoms with Crippen molar-refractivity contribution in [1.29, 1.82) is 5.26 Å². The van der Waals surface area contributed by atoms with Crippen molar-refractivity contribution in [1.82, 2.24) is 9.38 Å². The van der Waals surface area contributed by atoms with Crippen LogP contribution in [-0.4, -0.2) is 22.6 Å². The normalized spacial score (nSPS) is 16.2. The molecule has 2 aromatic carbocycles. The van der Waals surface area contributed by atoms with Gasteiger partial charge in [-0.15, -0.1) is 0 Å². The number of nitriles is 1. The minimum Gasteiger partial charge on any atom is -0.381 e. The molecule has 0 amide bonds. The highest BCUT2D eigenvalue weighted by Gasteiger charge is 2.34. The second kappa shape index (κ2) is 6.97. The van der Waals surface area contributed by atoms with Crippen LogP contribution in [0.2, 0.25) is 0 Å². The Labute approximate surface area is 167 Å². The molecule has 138 valence electrons. The van der Waals surface area contributed by atoms with Crippen molar-refractivity contribution in [3.8, 4) is 6.07 Å². The standard InChI is InChI=1S/C23H19N3OS/c24-16-23(8-12-27-13-9-23)18-2-1-3-19(15-18)28-20-5-6-21-17(14-20)4-7-22-25-10-11-26(21)22/h1-7,10-11,14-15H,8-9,12-13H2. The summed E-state index contributed by atoms with van der Waals surface area (Å²) in [6, 6.07) is 21.6. The summed E-state index contributed by atoms with van der Waals surface area (Å²) in [7, 11) is 0. The molecule has 1 aliphatic heterocycles. The van der Waals surface area contributed by atoms with Crippen molar-refractivity contribution >= 4 is 28.3 Å². The summed E-state index contributed by atoms with van der Waals surface area (Å²) in [6.07, 6.45) is 5.33. The molecule has 0 aliphatic carbocycles. The highest BCUT2D eigenvalue weighted by Crippen LogP contribution is 2.37. The number of ether oxygens (including phenoxy) is 1. The van der Waals surface area contributed by atoms with Crippen LogP contribution in [0.25, 0.3) is 16.6 Å². The number of nitrogens with zero attached hydrogens (tertiary/aromatic N) is 3. The molecule has 1 saturated heterocycles. The Morgan fingerprint density at radius 1 is 1.04 bits per heavy atom. The first-order chi connectivity index (χ1) is 13.8. The van der Waals surface area contributed by atoms with Crippen molar-refractivity contribution < 1.29 is 4.74 Å². The van der Waals surface area contributed by atoms with Gasteiger partial charge in [0.25, 0.3) is 0 Å². The lowest BCUT2D eigenvalue weighted by Gasteiger charge is -2.31. The summed E-state index contributed by atoms with van der Waals surface area (Å²) in [5.41, 5.74) is 2.78. The SMILES string of the molecule is N#CC1(c2cccc(Sc3ccc4c(ccc5nccn54)c3)c2)CCOCC1. The zero-order valence-corrected chi connectivity index (χ0v) is 16.2. The van der Waals surface area contributed by atoms with E-state index >= 15 is 0 Å². The molecular weight excluding hydrogens is 366 g/mol. The zero-order valence-electron chi connectivity index (χ0n) is 15.3. The number of rotatable bonds is 3. The second-order valence-electron chi connectivity index (χ2n) is 7.15. The van der Waals surface area contributed by atoms with Crippen LogP contribution in [0.15, 0.2) is 76.8 Å². The van der Waals surface area contributed by atoms with E-state index in [9.17, 15) is 5.26 Å². The van der Waals surface area contributed by atoms with E-state index in [0.717, 1.165) is 34.5 Å². The van der Waals surface area contributed by atoms with Crippen molar-refractivity contribution in [3.63, 3.8) is 0 Å². The maximum Gasteiger partial charge on any atom is 0.137 e. The van der Waals surface area contributed by atoms with Crippen LogP contribution in [0.4, 0.5) is 0 Å². The van der Waals surface area contributed by atoms with Gasteiger partial charge in [0.2, 0.25) is 0 Å². The van der Waals surface area contributed by atoms with E-state index in [-0.39, 0.29) is 0 Å². The second-order valence-corrected chi connectivity index (χ2v) is 8.29. The maximum atomic E-state index is 9.84. The number of aromatic nitrogens is 2. The van der Waals surface area contributed by atoms with Gasteiger partial charge < -0.3 is 4.74 Å². The Hall–Kier alpha value is -2.81. The van der Waals surface area contributed by atoms with Gasteiger partial charge in [-0.25, -0.2) is 4.98 Å². The number of fused-ring (bicyclic) bond motifs is 3. The number of hydrogen-bond donors (Lipinski definition) is 0. The van der Waals surface area contributed by atoms with E-state index in [2.05, 4.69) is 64.0 Å². The molecule has 28 heavy (non-hydrogen) atoms. The van der Waals surface area contributed by atoms with Crippen molar-refractivity contribution in [3.05, 3.63) is 72.6 Å². The third-order valence-corrected chi connectivity index (χ3v) is 6.50. The van der Waals surface area contributed by atoms with Crippen LogP contribution in [0.1, 0.15) is 18.4 Å². The molecule has 0 N–H and O–H groups in total. The average molecular weight is 385 g/mol. The monoisotopic (exact) mass is 385 g/mol. The molecule has 5 heteroatoms. The van der Waals surface area contributed by atoms with E-state index in [4.69, 9.17) is 4.74 Å². The highest BCUT2D eigenvalue weighted by atomic mass is 32.2. The van der Waals surface area contributed by atoms with E-state index in [1.807, 2.05) is 18.5 Å². The van der Waals surface area contributed by atoms with Gasteiger partial charge >= 0.3 is 0 Å². The lowest BCUT2D eigenvalue weighted by Crippen LogP contribution is -2.32. The van der Waals surface area contributed by atoms with E-state index in [0.29, 0.717) is 13.2 Å². The largest absolute Gasteiger partial charge is 0.381 e. The van der Waals surface area contributed by atoms with Crippen LogP contribution in [0.3, 0.4) is 0 Å². The fraction of sp³-hybridized carbons (Fsp3) is 0.217. The van der Waals surface area contributed by atoms with Gasteiger partial charge in [-0.3, -0.25) is 4.40 Å². The lowest BCUT2D eigenvalue weighted by molar-refractivity contribution is 0.0675. The average Bonchev–Trinajstić information content (AvgIpc) is 3.23. The van der Waals surface area contributed by atoms with E-state index in [1.54, 1.807) is 11.8 Å². The van der Waals surface area contributed by atoms with Gasteiger partial charge in [-0.2, -0.15) is 5.26 Å². The summed E-state index contributed by atoms with van der Waals surface area (Å²) < 4.78 is 7.58. The molecule has 0 unspecified atom stereocenters. The third kappa shape index (κ3) is 2.95. The van der Waals surface area contributed by atoms with Crippen LogP contribution in [0, 0.1) is 11.3 Å². The predicted molar refractivity (Wildman–Crippen MR) is 111 cm³/mol. The van der Waals surface area contributed by atoms with Crippen molar-refractivity contribution in [2.45, 2.75) is 28.0 Å². The Balaban J connectivity index is 1.47. The molecule has 4 aromatic rings. The Kier molecular flexibility index (Phi) is 4.31. The first-order valence-corrected chi connectivity index (χ1v) is 10.2. The first kappa shape index (κ1) is 17.3. The highest BCUT2D eigenvalue weighted by molar-refractivity contribution is 7.99. The fourth-order valence-electron chi connectivity index (χ4n) is 3.93. The minimum absolute atomic E-state index is 0.425. The molecule has 0 atom stereocenters. The maximum absolute atomic E-state index is 9.84. The van der Waals surface area contributed by atoms with Gasteiger partial charge in [-0.1, -0.05) is 23.9 Å². The Bertz CT molecular complexity index is 1200. The summed E-state index contributed by atoms with van der Waals surface area (Å²) in [4.78, 5) is 6.69. The summed E-state index contributed by atoms with van der Waals surface area (Å²) in [5.74, 6) is 0. The zero-order chi connectivity index (χ0) is 19.0. The number of hydrogen-bond acceptors (Lipinski definition) is 4. The topological polar surface area (TPSA) is 50.3 Å². The van der Waals surface area contributed by atoms with Crippen molar-refractivity contribution in [2.75, 3.05) is 13.2 Å². The third-order valence-electron chi connectivity index (χ3n) is 5.52. The van der Waals surface area contributed by atoms with Gasteiger partial charge in [0.1, 0.15) is 5.65 Å². The smallest absolute Gasteiger partial charge is 0.137 e.